The minimum atomic E-state index is -0.554. The van der Waals surface area contributed by atoms with E-state index in [2.05, 4.69) is 15.0 Å². The molecule has 1 aromatic carbocycles. The van der Waals surface area contributed by atoms with Crippen molar-refractivity contribution >= 4 is 40.6 Å². The Bertz CT molecular complexity index is 1050. The Morgan fingerprint density at radius 3 is 2.11 bits per heavy atom. The second-order valence-electron chi connectivity index (χ2n) is 9.35. The zero-order chi connectivity index (χ0) is 24.8. The van der Waals surface area contributed by atoms with Gasteiger partial charge in [-0.15, -0.1) is 0 Å². The third kappa shape index (κ3) is 6.36. The number of nitrogen functional groups attached to an aromatic ring is 1. The van der Waals surface area contributed by atoms with Crippen molar-refractivity contribution in [3.63, 3.8) is 0 Å². The molecule has 35 heavy (non-hydrogen) atoms. The van der Waals surface area contributed by atoms with Crippen LogP contribution in [0.2, 0.25) is 0 Å². The van der Waals surface area contributed by atoms with Crippen molar-refractivity contribution < 1.29 is 18.8 Å². The van der Waals surface area contributed by atoms with Crippen molar-refractivity contribution in [1.82, 2.24) is 15.0 Å². The SMILES string of the molecule is Nc1c(C(=O)NC2CCCCC2)nsc1C(=O)N(CC(=O)NC1CCCCC1)c1ccc(F)cc1. The lowest BCUT2D eigenvalue weighted by atomic mass is 9.95. The van der Waals surface area contributed by atoms with E-state index in [0.29, 0.717) is 5.69 Å². The number of anilines is 2. The Balaban J connectivity index is 1.51. The summed E-state index contributed by atoms with van der Waals surface area (Å²) in [4.78, 5) is 40.4. The van der Waals surface area contributed by atoms with Crippen molar-refractivity contribution in [1.29, 1.82) is 0 Å². The van der Waals surface area contributed by atoms with E-state index in [-0.39, 0.29) is 40.8 Å². The number of nitrogens with zero attached hydrogens (tertiary/aromatic N) is 2. The quantitative estimate of drug-likeness (QED) is 0.530. The molecule has 1 heterocycles. The first-order valence-electron chi connectivity index (χ1n) is 12.3. The van der Waals surface area contributed by atoms with Gasteiger partial charge in [-0.3, -0.25) is 19.3 Å². The maximum absolute atomic E-state index is 13.5. The van der Waals surface area contributed by atoms with Gasteiger partial charge in [0.05, 0.1) is 5.69 Å². The summed E-state index contributed by atoms with van der Waals surface area (Å²) in [5, 5.41) is 5.97. The normalized spacial score (nSPS) is 17.1. The number of amides is 3. The van der Waals surface area contributed by atoms with Gasteiger partial charge in [0.2, 0.25) is 5.91 Å². The molecule has 1 aromatic heterocycles. The Labute approximate surface area is 208 Å². The summed E-state index contributed by atoms with van der Waals surface area (Å²) in [5.74, 6) is -1.70. The third-order valence-electron chi connectivity index (χ3n) is 6.73. The van der Waals surface area contributed by atoms with Crippen molar-refractivity contribution in [3.8, 4) is 0 Å². The molecule has 2 aliphatic rings. The van der Waals surface area contributed by atoms with Crippen LogP contribution in [-0.2, 0) is 4.79 Å². The summed E-state index contributed by atoms with van der Waals surface area (Å²) in [5.41, 5.74) is 6.58. The molecule has 0 unspecified atom stereocenters. The van der Waals surface area contributed by atoms with E-state index in [1.807, 2.05) is 0 Å². The molecule has 4 N–H and O–H groups in total. The van der Waals surface area contributed by atoms with E-state index in [1.165, 1.54) is 29.2 Å². The predicted molar refractivity (Wildman–Crippen MR) is 134 cm³/mol. The summed E-state index contributed by atoms with van der Waals surface area (Å²) in [7, 11) is 0. The smallest absolute Gasteiger partial charge is 0.273 e. The molecular weight excluding hydrogens is 469 g/mol. The second kappa shape index (κ2) is 11.6. The molecule has 188 valence electrons. The molecule has 0 atom stereocenters. The van der Waals surface area contributed by atoms with Crippen LogP contribution in [0.25, 0.3) is 0 Å². The number of aromatic nitrogens is 1. The van der Waals surface area contributed by atoms with E-state index >= 15 is 0 Å². The maximum atomic E-state index is 13.5. The van der Waals surface area contributed by atoms with Crippen LogP contribution in [-0.4, -0.2) is 40.7 Å². The third-order valence-corrected chi connectivity index (χ3v) is 7.58. The molecule has 2 aromatic rings. The highest BCUT2D eigenvalue weighted by Gasteiger charge is 2.29. The summed E-state index contributed by atoms with van der Waals surface area (Å²) in [6, 6.07) is 5.51. The van der Waals surface area contributed by atoms with Gasteiger partial charge < -0.3 is 16.4 Å². The van der Waals surface area contributed by atoms with Gasteiger partial charge in [-0.05, 0) is 61.5 Å². The minimum Gasteiger partial charge on any atom is -0.395 e. The fraction of sp³-hybridized carbons (Fsp3) is 0.520. The largest absolute Gasteiger partial charge is 0.395 e. The highest BCUT2D eigenvalue weighted by molar-refractivity contribution is 7.09. The molecule has 4 rings (SSSR count). The molecule has 0 spiro atoms. The molecule has 2 fully saturated rings. The van der Waals surface area contributed by atoms with E-state index in [0.717, 1.165) is 75.7 Å². The van der Waals surface area contributed by atoms with Crippen molar-refractivity contribution in [2.75, 3.05) is 17.2 Å². The Hall–Kier alpha value is -3.01. The van der Waals surface area contributed by atoms with Crippen LogP contribution in [0.1, 0.15) is 84.4 Å². The molecule has 0 saturated heterocycles. The lowest BCUT2D eigenvalue weighted by molar-refractivity contribution is -0.120. The highest BCUT2D eigenvalue weighted by Crippen LogP contribution is 2.27. The van der Waals surface area contributed by atoms with Gasteiger partial charge >= 0.3 is 0 Å². The first-order chi connectivity index (χ1) is 16.9. The number of benzene rings is 1. The van der Waals surface area contributed by atoms with Crippen LogP contribution in [0.15, 0.2) is 24.3 Å². The number of nitrogens with one attached hydrogen (secondary N) is 2. The average Bonchev–Trinajstić information content (AvgIpc) is 3.25. The number of rotatable bonds is 7. The first kappa shape index (κ1) is 25.1. The van der Waals surface area contributed by atoms with Crippen molar-refractivity contribution in [2.45, 2.75) is 76.3 Å². The van der Waals surface area contributed by atoms with Gasteiger partial charge in [0.15, 0.2) is 5.69 Å². The van der Waals surface area contributed by atoms with Gasteiger partial charge in [0, 0.05) is 17.8 Å². The zero-order valence-corrected chi connectivity index (χ0v) is 20.5. The summed E-state index contributed by atoms with van der Waals surface area (Å²) in [6.45, 7) is -0.248. The molecule has 2 aliphatic carbocycles. The van der Waals surface area contributed by atoms with Crippen LogP contribution >= 0.6 is 11.5 Å². The van der Waals surface area contributed by atoms with Gasteiger partial charge in [0.1, 0.15) is 17.2 Å². The number of nitrogens with two attached hydrogens (primary N) is 1. The number of carbonyl (C=O) groups excluding carboxylic acids is 3. The molecule has 0 aliphatic heterocycles. The molecule has 2 saturated carbocycles. The van der Waals surface area contributed by atoms with Crippen LogP contribution < -0.4 is 21.3 Å². The van der Waals surface area contributed by atoms with E-state index in [4.69, 9.17) is 5.73 Å². The average molecular weight is 502 g/mol. The monoisotopic (exact) mass is 501 g/mol. The fourth-order valence-electron chi connectivity index (χ4n) is 4.80. The number of carbonyl (C=O) groups is 3. The van der Waals surface area contributed by atoms with Crippen LogP contribution in [0.4, 0.5) is 15.8 Å². The van der Waals surface area contributed by atoms with Gasteiger partial charge in [0.25, 0.3) is 11.8 Å². The van der Waals surface area contributed by atoms with Crippen LogP contribution in [0.5, 0.6) is 0 Å². The Morgan fingerprint density at radius 1 is 0.943 bits per heavy atom. The second-order valence-corrected chi connectivity index (χ2v) is 10.1. The molecular formula is C25H32FN5O3S. The Morgan fingerprint density at radius 2 is 1.51 bits per heavy atom. The summed E-state index contributed by atoms with van der Waals surface area (Å²) >= 11 is 0.831. The molecule has 0 radical (unpaired) electrons. The van der Waals surface area contributed by atoms with E-state index in [9.17, 15) is 18.8 Å². The Kier molecular flexibility index (Phi) is 8.33. The molecule has 0 bridgehead atoms. The lowest BCUT2D eigenvalue weighted by Crippen LogP contribution is -2.45. The minimum absolute atomic E-state index is 0.00638. The van der Waals surface area contributed by atoms with Gasteiger partial charge in [-0.2, -0.15) is 4.37 Å². The van der Waals surface area contributed by atoms with Gasteiger partial charge in [-0.25, -0.2) is 4.39 Å². The number of halogens is 1. The lowest BCUT2D eigenvalue weighted by Gasteiger charge is -2.26. The van der Waals surface area contributed by atoms with E-state index < -0.39 is 17.6 Å². The standard InChI is InChI=1S/C25H32FN5O3S/c26-16-11-13-19(14-12-16)31(15-20(32)28-17-7-3-1-4-8-17)25(34)23-21(27)22(30-35-23)24(33)29-18-9-5-2-6-10-18/h11-14,17-18H,1-10,15,27H2,(H,28,32)(H,29,33). The predicted octanol–water partition coefficient (Wildman–Crippen LogP) is 4.02. The zero-order valence-electron chi connectivity index (χ0n) is 19.7. The van der Waals surface area contributed by atoms with Crippen LogP contribution in [0, 0.1) is 5.82 Å². The molecule has 10 heteroatoms. The molecule has 3 amide bonds. The number of hydrogen-bond donors (Lipinski definition) is 3. The highest BCUT2D eigenvalue weighted by atomic mass is 32.1. The topological polar surface area (TPSA) is 117 Å². The summed E-state index contributed by atoms with van der Waals surface area (Å²) < 4.78 is 17.7. The van der Waals surface area contributed by atoms with E-state index in [1.54, 1.807) is 0 Å². The summed E-state index contributed by atoms with van der Waals surface area (Å²) in [6.07, 6.45) is 10.2. The van der Waals surface area contributed by atoms with Crippen molar-refractivity contribution in [2.24, 2.45) is 0 Å². The number of hydrogen-bond acceptors (Lipinski definition) is 6. The fourth-order valence-corrected chi connectivity index (χ4v) is 5.55. The first-order valence-corrected chi connectivity index (χ1v) is 13.1. The molecule has 8 nitrogen and oxygen atoms in total. The van der Waals surface area contributed by atoms with Gasteiger partial charge in [-0.1, -0.05) is 38.5 Å². The van der Waals surface area contributed by atoms with Crippen LogP contribution in [0.3, 0.4) is 0 Å². The maximum Gasteiger partial charge on any atom is 0.273 e. The van der Waals surface area contributed by atoms with Crippen molar-refractivity contribution in [3.05, 3.63) is 40.7 Å².